The summed E-state index contributed by atoms with van der Waals surface area (Å²) in [5, 5.41) is 2.18. The SMILES string of the molecule is CSc1ccnc(-n2ccc3ccccc32)n1. The molecule has 0 amide bonds. The van der Waals surface area contributed by atoms with E-state index in [0.29, 0.717) is 0 Å². The van der Waals surface area contributed by atoms with E-state index in [1.807, 2.05) is 35.2 Å². The smallest absolute Gasteiger partial charge is 0.235 e. The van der Waals surface area contributed by atoms with E-state index in [2.05, 4.69) is 28.2 Å². The maximum atomic E-state index is 4.50. The van der Waals surface area contributed by atoms with Crippen LogP contribution in [0, 0.1) is 0 Å². The fraction of sp³-hybridized carbons (Fsp3) is 0.0769. The predicted molar refractivity (Wildman–Crippen MR) is 70.6 cm³/mol. The fourth-order valence-corrected chi connectivity index (χ4v) is 2.19. The van der Waals surface area contributed by atoms with Gasteiger partial charge in [0.2, 0.25) is 5.95 Å². The van der Waals surface area contributed by atoms with Crippen LogP contribution in [-0.4, -0.2) is 20.8 Å². The molecule has 2 aromatic heterocycles. The van der Waals surface area contributed by atoms with Crippen molar-refractivity contribution in [3.63, 3.8) is 0 Å². The van der Waals surface area contributed by atoms with Crippen molar-refractivity contribution in [1.82, 2.24) is 14.5 Å². The monoisotopic (exact) mass is 241 g/mol. The lowest BCUT2D eigenvalue weighted by Crippen LogP contribution is -1.99. The first-order chi connectivity index (χ1) is 8.38. The van der Waals surface area contributed by atoms with Crippen molar-refractivity contribution >= 4 is 22.7 Å². The Kier molecular flexibility index (Phi) is 2.57. The van der Waals surface area contributed by atoms with Crippen LogP contribution in [0.25, 0.3) is 16.9 Å². The van der Waals surface area contributed by atoms with Crippen LogP contribution in [0.15, 0.2) is 53.8 Å². The summed E-state index contributed by atoms with van der Waals surface area (Å²) >= 11 is 1.62. The average molecular weight is 241 g/mol. The van der Waals surface area contributed by atoms with Crippen LogP contribution in [0.1, 0.15) is 0 Å². The number of thioether (sulfide) groups is 1. The number of rotatable bonds is 2. The van der Waals surface area contributed by atoms with Gasteiger partial charge >= 0.3 is 0 Å². The Morgan fingerprint density at radius 3 is 2.88 bits per heavy atom. The second-order valence-electron chi connectivity index (χ2n) is 3.64. The molecule has 0 saturated carbocycles. The highest BCUT2D eigenvalue weighted by Gasteiger charge is 2.05. The molecule has 0 unspecified atom stereocenters. The molecule has 3 rings (SSSR count). The first-order valence-corrected chi connectivity index (χ1v) is 6.54. The minimum absolute atomic E-state index is 0.720. The molecular weight excluding hydrogens is 230 g/mol. The van der Waals surface area contributed by atoms with E-state index in [1.165, 1.54) is 5.39 Å². The lowest BCUT2D eigenvalue weighted by molar-refractivity contribution is 0.915. The summed E-state index contributed by atoms with van der Waals surface area (Å²) in [6.45, 7) is 0. The van der Waals surface area contributed by atoms with Crippen molar-refractivity contribution < 1.29 is 0 Å². The van der Waals surface area contributed by atoms with Crippen molar-refractivity contribution in [3.05, 3.63) is 48.8 Å². The highest BCUT2D eigenvalue weighted by atomic mass is 32.2. The Labute approximate surface area is 104 Å². The van der Waals surface area contributed by atoms with Gasteiger partial charge in [-0.2, -0.15) is 0 Å². The zero-order chi connectivity index (χ0) is 11.7. The number of hydrogen-bond donors (Lipinski definition) is 0. The molecule has 3 aromatic rings. The molecule has 0 saturated heterocycles. The third-order valence-corrected chi connectivity index (χ3v) is 3.29. The Morgan fingerprint density at radius 1 is 1.12 bits per heavy atom. The number of aromatic nitrogens is 3. The summed E-state index contributed by atoms with van der Waals surface area (Å²) in [6.07, 6.45) is 5.81. The number of hydrogen-bond acceptors (Lipinski definition) is 3. The second kappa shape index (κ2) is 4.22. The molecule has 0 N–H and O–H groups in total. The zero-order valence-electron chi connectivity index (χ0n) is 9.37. The van der Waals surface area contributed by atoms with Gasteiger partial charge in [-0.05, 0) is 24.5 Å². The van der Waals surface area contributed by atoms with Gasteiger partial charge in [0.25, 0.3) is 0 Å². The van der Waals surface area contributed by atoms with E-state index >= 15 is 0 Å². The zero-order valence-corrected chi connectivity index (χ0v) is 10.2. The average Bonchev–Trinajstić information content (AvgIpc) is 2.82. The maximum absolute atomic E-state index is 4.50. The fourth-order valence-electron chi connectivity index (χ4n) is 1.82. The molecule has 17 heavy (non-hydrogen) atoms. The highest BCUT2D eigenvalue weighted by Crippen LogP contribution is 2.19. The number of nitrogens with zero attached hydrogens (tertiary/aromatic N) is 3. The van der Waals surface area contributed by atoms with E-state index in [-0.39, 0.29) is 0 Å². The Bertz CT molecular complexity index is 660. The third kappa shape index (κ3) is 1.80. The van der Waals surface area contributed by atoms with Gasteiger partial charge in [0, 0.05) is 17.8 Å². The summed E-state index contributed by atoms with van der Waals surface area (Å²) in [6, 6.07) is 12.2. The van der Waals surface area contributed by atoms with Gasteiger partial charge in [0.05, 0.1) is 5.52 Å². The number of benzene rings is 1. The first-order valence-electron chi connectivity index (χ1n) is 5.32. The van der Waals surface area contributed by atoms with Crippen molar-refractivity contribution in [2.24, 2.45) is 0 Å². The first kappa shape index (κ1) is 10.4. The summed E-state index contributed by atoms with van der Waals surface area (Å²) in [7, 11) is 0. The van der Waals surface area contributed by atoms with Crippen molar-refractivity contribution in [2.45, 2.75) is 5.03 Å². The van der Waals surface area contributed by atoms with Crippen LogP contribution in [0.3, 0.4) is 0 Å². The molecule has 1 aromatic carbocycles. The molecule has 0 fully saturated rings. The minimum atomic E-state index is 0.720. The molecule has 3 nitrogen and oxygen atoms in total. The normalized spacial score (nSPS) is 10.9. The lowest BCUT2D eigenvalue weighted by Gasteiger charge is -2.04. The van der Waals surface area contributed by atoms with Crippen LogP contribution in [0.5, 0.6) is 0 Å². The summed E-state index contributed by atoms with van der Waals surface area (Å²) in [5.74, 6) is 0.720. The summed E-state index contributed by atoms with van der Waals surface area (Å²) in [4.78, 5) is 8.82. The molecule has 0 atom stereocenters. The van der Waals surface area contributed by atoms with E-state index in [0.717, 1.165) is 16.5 Å². The van der Waals surface area contributed by atoms with Gasteiger partial charge < -0.3 is 0 Å². The number of para-hydroxylation sites is 1. The van der Waals surface area contributed by atoms with Crippen molar-refractivity contribution in [2.75, 3.05) is 6.26 Å². The van der Waals surface area contributed by atoms with Crippen LogP contribution in [0.2, 0.25) is 0 Å². The summed E-state index contributed by atoms with van der Waals surface area (Å²) < 4.78 is 2.01. The Balaban J connectivity index is 2.20. The van der Waals surface area contributed by atoms with Gasteiger partial charge in [0.15, 0.2) is 0 Å². The molecule has 0 aliphatic heterocycles. The van der Waals surface area contributed by atoms with Gasteiger partial charge in [0.1, 0.15) is 5.03 Å². The van der Waals surface area contributed by atoms with E-state index < -0.39 is 0 Å². The molecule has 0 radical (unpaired) electrons. The molecule has 0 spiro atoms. The second-order valence-corrected chi connectivity index (χ2v) is 4.47. The lowest BCUT2D eigenvalue weighted by atomic mass is 10.2. The van der Waals surface area contributed by atoms with E-state index in [1.54, 1.807) is 18.0 Å². The van der Waals surface area contributed by atoms with Crippen LogP contribution in [-0.2, 0) is 0 Å². The standard InChI is InChI=1S/C13H11N3S/c1-17-12-6-8-14-13(15-12)16-9-7-10-4-2-3-5-11(10)16/h2-9H,1H3. The molecule has 0 aliphatic carbocycles. The predicted octanol–water partition coefficient (Wildman–Crippen LogP) is 3.14. The van der Waals surface area contributed by atoms with Gasteiger partial charge in [-0.1, -0.05) is 18.2 Å². The molecule has 4 heteroatoms. The molecule has 2 heterocycles. The number of fused-ring (bicyclic) bond motifs is 1. The maximum Gasteiger partial charge on any atom is 0.235 e. The Morgan fingerprint density at radius 2 is 2.00 bits per heavy atom. The van der Waals surface area contributed by atoms with Gasteiger partial charge in [-0.15, -0.1) is 11.8 Å². The Hall–Kier alpha value is -1.81. The third-order valence-electron chi connectivity index (χ3n) is 2.64. The van der Waals surface area contributed by atoms with Crippen LogP contribution < -0.4 is 0 Å². The summed E-state index contributed by atoms with van der Waals surface area (Å²) in [5.41, 5.74) is 1.13. The topological polar surface area (TPSA) is 30.7 Å². The quantitative estimate of drug-likeness (QED) is 0.510. The largest absolute Gasteiger partial charge is 0.285 e. The highest BCUT2D eigenvalue weighted by molar-refractivity contribution is 7.98. The molecule has 84 valence electrons. The van der Waals surface area contributed by atoms with Crippen molar-refractivity contribution in [1.29, 1.82) is 0 Å². The molecular formula is C13H11N3S. The molecule has 0 bridgehead atoms. The van der Waals surface area contributed by atoms with E-state index in [4.69, 9.17) is 0 Å². The van der Waals surface area contributed by atoms with Gasteiger partial charge in [-0.3, -0.25) is 4.57 Å². The van der Waals surface area contributed by atoms with Crippen LogP contribution in [0.4, 0.5) is 0 Å². The minimum Gasteiger partial charge on any atom is -0.285 e. The van der Waals surface area contributed by atoms with Crippen LogP contribution >= 0.6 is 11.8 Å². The van der Waals surface area contributed by atoms with E-state index in [9.17, 15) is 0 Å². The van der Waals surface area contributed by atoms with Gasteiger partial charge in [-0.25, -0.2) is 9.97 Å². The van der Waals surface area contributed by atoms with Crippen molar-refractivity contribution in [3.8, 4) is 5.95 Å². The molecule has 0 aliphatic rings.